The average molecular weight is 419 g/mol. The molecule has 3 nitrogen and oxygen atoms in total. The van der Waals surface area contributed by atoms with Crippen molar-refractivity contribution in [1.29, 1.82) is 0 Å². The van der Waals surface area contributed by atoms with Crippen LogP contribution in [0.1, 0.15) is 34.9 Å². The molecule has 7 heteroatoms. The highest BCUT2D eigenvalue weighted by Crippen LogP contribution is 2.43. The summed E-state index contributed by atoms with van der Waals surface area (Å²) in [6.07, 6.45) is -3.29. The van der Waals surface area contributed by atoms with E-state index in [9.17, 15) is 23.1 Å². The second-order valence-electron chi connectivity index (χ2n) is 7.35. The molecule has 0 saturated carbocycles. The topological polar surface area (TPSA) is 40.5 Å². The van der Waals surface area contributed by atoms with Gasteiger partial charge in [-0.25, -0.2) is 0 Å². The number of benzene rings is 2. The lowest BCUT2D eigenvalue weighted by Gasteiger charge is -2.37. The minimum atomic E-state index is -4.48. The molecular formula is C22H20F3NO2S. The molecule has 29 heavy (non-hydrogen) atoms. The number of thiophene rings is 1. The molecule has 0 bridgehead atoms. The number of carboxylic acid groups (broad SMARTS) is 1. The number of rotatable bonds is 4. The van der Waals surface area contributed by atoms with Gasteiger partial charge in [0.05, 0.1) is 17.5 Å². The Hall–Kier alpha value is -2.38. The minimum Gasteiger partial charge on any atom is -0.481 e. The van der Waals surface area contributed by atoms with Crippen molar-refractivity contribution < 1.29 is 23.1 Å². The molecule has 0 spiro atoms. The number of alkyl halides is 3. The number of fused-ring (bicyclic) bond motifs is 1. The molecule has 1 aromatic heterocycles. The van der Waals surface area contributed by atoms with Gasteiger partial charge >= 0.3 is 12.1 Å². The van der Waals surface area contributed by atoms with E-state index in [0.717, 1.165) is 21.0 Å². The summed E-state index contributed by atoms with van der Waals surface area (Å²) >= 11 is 1.47. The number of piperidine rings is 1. The molecule has 1 aliphatic heterocycles. The average Bonchev–Trinajstić information content (AvgIpc) is 3.11. The van der Waals surface area contributed by atoms with Crippen LogP contribution in [0.25, 0.3) is 10.1 Å². The highest BCUT2D eigenvalue weighted by atomic mass is 32.1. The smallest absolute Gasteiger partial charge is 0.416 e. The van der Waals surface area contributed by atoms with Crippen LogP contribution in [-0.4, -0.2) is 29.1 Å². The van der Waals surface area contributed by atoms with Gasteiger partial charge in [0.2, 0.25) is 0 Å². The van der Waals surface area contributed by atoms with Gasteiger partial charge in [0, 0.05) is 16.1 Å². The van der Waals surface area contributed by atoms with E-state index >= 15 is 0 Å². The summed E-state index contributed by atoms with van der Waals surface area (Å²) in [4.78, 5) is 14.3. The Balaban J connectivity index is 1.85. The molecule has 152 valence electrons. The molecule has 0 aliphatic carbocycles. The summed E-state index contributed by atoms with van der Waals surface area (Å²) in [5, 5.41) is 10.5. The van der Waals surface area contributed by atoms with Crippen LogP contribution in [0.15, 0.2) is 54.6 Å². The number of carboxylic acids is 1. The van der Waals surface area contributed by atoms with Crippen LogP contribution in [0, 0.1) is 5.92 Å². The lowest BCUT2D eigenvalue weighted by atomic mass is 9.92. The quantitative estimate of drug-likeness (QED) is 0.581. The molecule has 2 atom stereocenters. The Kier molecular flexibility index (Phi) is 5.36. The van der Waals surface area contributed by atoms with E-state index in [0.29, 0.717) is 19.4 Å². The maximum Gasteiger partial charge on any atom is 0.416 e. The molecule has 1 saturated heterocycles. The number of aliphatic carboxylic acids is 1. The SMILES string of the molecule is O=C(O)C1CCCN(C(c2cc3ccccc3s2)c2ccccc2C(F)(F)F)C1. The molecule has 1 fully saturated rings. The van der Waals surface area contributed by atoms with Crippen LogP contribution in [0.5, 0.6) is 0 Å². The maximum absolute atomic E-state index is 13.8. The molecule has 3 aromatic rings. The normalized spacial score (nSPS) is 19.3. The van der Waals surface area contributed by atoms with Crippen LogP contribution in [0.3, 0.4) is 0 Å². The molecule has 1 N–H and O–H groups in total. The Morgan fingerprint density at radius 1 is 1.14 bits per heavy atom. The summed E-state index contributed by atoms with van der Waals surface area (Å²) in [6, 6.07) is 14.6. The van der Waals surface area contributed by atoms with Gasteiger partial charge in [-0.2, -0.15) is 13.2 Å². The van der Waals surface area contributed by atoms with Gasteiger partial charge in [0.15, 0.2) is 0 Å². The van der Waals surface area contributed by atoms with Crippen LogP contribution >= 0.6 is 11.3 Å². The first-order chi connectivity index (χ1) is 13.8. The van der Waals surface area contributed by atoms with Crippen LogP contribution in [0.2, 0.25) is 0 Å². The zero-order valence-electron chi connectivity index (χ0n) is 15.5. The largest absolute Gasteiger partial charge is 0.481 e. The van der Waals surface area contributed by atoms with Gasteiger partial charge in [0.25, 0.3) is 0 Å². The molecule has 0 amide bonds. The Morgan fingerprint density at radius 3 is 2.59 bits per heavy atom. The first-order valence-electron chi connectivity index (χ1n) is 9.46. The molecule has 4 rings (SSSR count). The number of hydrogen-bond acceptors (Lipinski definition) is 3. The second kappa shape index (κ2) is 7.80. The summed E-state index contributed by atoms with van der Waals surface area (Å²) in [6.45, 7) is 0.801. The van der Waals surface area contributed by atoms with Crippen molar-refractivity contribution in [3.8, 4) is 0 Å². The summed E-state index contributed by atoms with van der Waals surface area (Å²) in [5.41, 5.74) is -0.488. The lowest BCUT2D eigenvalue weighted by molar-refractivity contribution is -0.144. The van der Waals surface area contributed by atoms with E-state index in [1.54, 1.807) is 6.07 Å². The fourth-order valence-corrected chi connectivity index (χ4v) is 5.32. The van der Waals surface area contributed by atoms with Crippen molar-refractivity contribution >= 4 is 27.4 Å². The molecule has 2 heterocycles. The number of hydrogen-bond donors (Lipinski definition) is 1. The lowest BCUT2D eigenvalue weighted by Crippen LogP contribution is -2.41. The zero-order valence-corrected chi connectivity index (χ0v) is 16.3. The van der Waals surface area contributed by atoms with Crippen molar-refractivity contribution in [3.05, 3.63) is 70.6 Å². The van der Waals surface area contributed by atoms with E-state index in [1.807, 2.05) is 35.2 Å². The van der Waals surface area contributed by atoms with Crippen molar-refractivity contribution in [2.75, 3.05) is 13.1 Å². The van der Waals surface area contributed by atoms with Crippen LogP contribution in [-0.2, 0) is 11.0 Å². The van der Waals surface area contributed by atoms with Crippen LogP contribution in [0.4, 0.5) is 13.2 Å². The van der Waals surface area contributed by atoms with E-state index in [2.05, 4.69) is 0 Å². The third-order valence-electron chi connectivity index (χ3n) is 5.44. The van der Waals surface area contributed by atoms with E-state index in [-0.39, 0.29) is 12.1 Å². The highest BCUT2D eigenvalue weighted by molar-refractivity contribution is 7.19. The fourth-order valence-electron chi connectivity index (χ4n) is 4.10. The highest BCUT2D eigenvalue weighted by Gasteiger charge is 2.39. The van der Waals surface area contributed by atoms with Crippen molar-refractivity contribution in [2.24, 2.45) is 5.92 Å². The monoisotopic (exact) mass is 419 g/mol. The summed E-state index contributed by atoms with van der Waals surface area (Å²) in [7, 11) is 0. The summed E-state index contributed by atoms with van der Waals surface area (Å²) in [5.74, 6) is -1.47. The minimum absolute atomic E-state index is 0.178. The number of likely N-dealkylation sites (tertiary alicyclic amines) is 1. The van der Waals surface area contributed by atoms with Gasteiger partial charge in [-0.15, -0.1) is 11.3 Å². The predicted molar refractivity (Wildman–Crippen MR) is 107 cm³/mol. The van der Waals surface area contributed by atoms with Gasteiger partial charge in [-0.05, 0) is 48.5 Å². The van der Waals surface area contributed by atoms with Gasteiger partial charge in [-0.1, -0.05) is 36.4 Å². The maximum atomic E-state index is 13.8. The first-order valence-corrected chi connectivity index (χ1v) is 10.3. The van der Waals surface area contributed by atoms with Crippen molar-refractivity contribution in [3.63, 3.8) is 0 Å². The third-order valence-corrected chi connectivity index (χ3v) is 6.61. The molecule has 2 aromatic carbocycles. The molecule has 1 aliphatic rings. The standard InChI is InChI=1S/C22H20F3NO2S/c23-22(24,25)17-9-3-2-8-16(17)20(26-11-5-7-15(13-26)21(27)28)19-12-14-6-1-4-10-18(14)29-19/h1-4,6,8-10,12,15,20H,5,7,11,13H2,(H,27,28). The molecule has 0 radical (unpaired) electrons. The molecule has 2 unspecified atom stereocenters. The molecular weight excluding hydrogens is 399 g/mol. The fraction of sp³-hybridized carbons (Fsp3) is 0.318. The van der Waals surface area contributed by atoms with Crippen molar-refractivity contribution in [1.82, 2.24) is 4.90 Å². The first kappa shape index (κ1) is 19.9. The Bertz CT molecular complexity index is 997. The number of halogens is 3. The van der Waals surface area contributed by atoms with E-state index in [4.69, 9.17) is 0 Å². The van der Waals surface area contributed by atoms with Gasteiger partial charge < -0.3 is 5.11 Å². The van der Waals surface area contributed by atoms with Crippen molar-refractivity contribution in [2.45, 2.75) is 25.1 Å². The Labute approximate surface area is 170 Å². The van der Waals surface area contributed by atoms with Gasteiger partial charge in [0.1, 0.15) is 0 Å². The predicted octanol–water partition coefficient (Wildman–Crippen LogP) is 5.81. The van der Waals surface area contributed by atoms with Crippen LogP contribution < -0.4 is 0 Å². The second-order valence-corrected chi connectivity index (χ2v) is 8.46. The van der Waals surface area contributed by atoms with E-state index in [1.165, 1.54) is 23.5 Å². The summed E-state index contributed by atoms with van der Waals surface area (Å²) < 4.78 is 42.4. The third kappa shape index (κ3) is 4.02. The van der Waals surface area contributed by atoms with E-state index < -0.39 is 29.7 Å². The number of carbonyl (C=O) groups is 1. The number of nitrogens with zero attached hydrogens (tertiary/aromatic N) is 1. The van der Waals surface area contributed by atoms with Gasteiger partial charge in [-0.3, -0.25) is 9.69 Å². The zero-order chi connectivity index (χ0) is 20.6. The Morgan fingerprint density at radius 2 is 1.86 bits per heavy atom.